The van der Waals surface area contributed by atoms with Crippen molar-refractivity contribution in [2.45, 2.75) is 20.3 Å². The van der Waals surface area contributed by atoms with Crippen LogP contribution in [0, 0.1) is 13.8 Å². The van der Waals surface area contributed by atoms with E-state index in [0.29, 0.717) is 12.1 Å². The molecule has 3 heteroatoms. The van der Waals surface area contributed by atoms with Crippen LogP contribution >= 0.6 is 0 Å². The second kappa shape index (κ2) is 6.35. The van der Waals surface area contributed by atoms with E-state index in [4.69, 9.17) is 5.73 Å². The van der Waals surface area contributed by atoms with E-state index >= 15 is 0 Å². The second-order valence-corrected chi connectivity index (χ2v) is 4.99. The zero-order valence-corrected chi connectivity index (χ0v) is 11.9. The van der Waals surface area contributed by atoms with Crippen LogP contribution in [0.4, 0.5) is 5.69 Å². The molecule has 2 aromatic carbocycles. The predicted octanol–water partition coefficient (Wildman–Crippen LogP) is 3.06. The summed E-state index contributed by atoms with van der Waals surface area (Å²) in [7, 11) is 0. The fourth-order valence-electron chi connectivity index (χ4n) is 2.01. The molecule has 2 aromatic rings. The Morgan fingerprint density at radius 1 is 1.05 bits per heavy atom. The first kappa shape index (κ1) is 14.3. The number of aryl methyl sites for hydroxylation is 2. The number of hydrogen-bond acceptors (Lipinski definition) is 2. The lowest BCUT2D eigenvalue weighted by Gasteiger charge is -2.08. The Morgan fingerprint density at radius 2 is 1.75 bits per heavy atom. The Labute approximate surface area is 119 Å². The van der Waals surface area contributed by atoms with Crippen molar-refractivity contribution in [2.75, 3.05) is 11.9 Å². The Hall–Kier alpha value is -2.13. The van der Waals surface area contributed by atoms with Crippen LogP contribution in [0.2, 0.25) is 0 Å². The number of amides is 1. The molecule has 0 fully saturated rings. The molecule has 1 amide bonds. The minimum Gasteiger partial charge on any atom is -0.330 e. The van der Waals surface area contributed by atoms with Gasteiger partial charge >= 0.3 is 0 Å². The summed E-state index contributed by atoms with van der Waals surface area (Å²) in [5.41, 5.74) is 10.5. The molecular weight excluding hydrogens is 248 g/mol. The lowest BCUT2D eigenvalue weighted by Crippen LogP contribution is -2.12. The molecule has 0 unspecified atom stereocenters. The highest BCUT2D eigenvalue weighted by molar-refractivity contribution is 6.04. The summed E-state index contributed by atoms with van der Waals surface area (Å²) in [5, 5.41) is 2.90. The molecule has 104 valence electrons. The second-order valence-electron chi connectivity index (χ2n) is 4.99. The van der Waals surface area contributed by atoms with Gasteiger partial charge in [0.15, 0.2) is 0 Å². The normalized spacial score (nSPS) is 10.3. The van der Waals surface area contributed by atoms with Crippen LogP contribution in [-0.4, -0.2) is 12.5 Å². The quantitative estimate of drug-likeness (QED) is 0.895. The first-order valence-electron chi connectivity index (χ1n) is 6.78. The smallest absolute Gasteiger partial charge is 0.255 e. The molecule has 3 nitrogen and oxygen atoms in total. The highest BCUT2D eigenvalue weighted by atomic mass is 16.1. The molecule has 0 bridgehead atoms. The van der Waals surface area contributed by atoms with Crippen LogP contribution in [0.5, 0.6) is 0 Å². The fourth-order valence-corrected chi connectivity index (χ4v) is 2.01. The van der Waals surface area contributed by atoms with Crippen LogP contribution in [0.3, 0.4) is 0 Å². The summed E-state index contributed by atoms with van der Waals surface area (Å²) < 4.78 is 0. The summed E-state index contributed by atoms with van der Waals surface area (Å²) in [4.78, 5) is 12.2. The van der Waals surface area contributed by atoms with Gasteiger partial charge in [-0.1, -0.05) is 18.2 Å². The Balaban J connectivity index is 2.08. The number of carbonyl (C=O) groups is 1. The van der Waals surface area contributed by atoms with Gasteiger partial charge in [-0.15, -0.1) is 0 Å². The molecule has 0 saturated heterocycles. The average molecular weight is 268 g/mol. The maximum Gasteiger partial charge on any atom is 0.255 e. The minimum absolute atomic E-state index is 0.0836. The van der Waals surface area contributed by atoms with Crippen molar-refractivity contribution in [2.24, 2.45) is 5.73 Å². The molecule has 2 rings (SSSR count). The molecule has 0 radical (unpaired) electrons. The average Bonchev–Trinajstić information content (AvgIpc) is 2.44. The number of carbonyl (C=O) groups excluding carboxylic acids is 1. The number of anilines is 1. The highest BCUT2D eigenvalue weighted by Crippen LogP contribution is 2.14. The van der Waals surface area contributed by atoms with E-state index in [2.05, 4.69) is 5.32 Å². The van der Waals surface area contributed by atoms with Crippen LogP contribution in [-0.2, 0) is 6.42 Å². The van der Waals surface area contributed by atoms with Gasteiger partial charge in [0.25, 0.3) is 5.91 Å². The molecule has 0 aliphatic carbocycles. The van der Waals surface area contributed by atoms with Gasteiger partial charge in [0, 0.05) is 11.3 Å². The van der Waals surface area contributed by atoms with E-state index in [-0.39, 0.29) is 5.91 Å². The van der Waals surface area contributed by atoms with Crippen molar-refractivity contribution in [3.63, 3.8) is 0 Å². The molecule has 0 saturated carbocycles. The molecule has 0 aromatic heterocycles. The van der Waals surface area contributed by atoms with Crippen molar-refractivity contribution in [1.29, 1.82) is 0 Å². The van der Waals surface area contributed by atoms with Crippen LogP contribution in [0.1, 0.15) is 27.0 Å². The van der Waals surface area contributed by atoms with Crippen molar-refractivity contribution in [1.82, 2.24) is 0 Å². The first-order valence-corrected chi connectivity index (χ1v) is 6.78. The van der Waals surface area contributed by atoms with Gasteiger partial charge in [-0.05, 0) is 67.8 Å². The van der Waals surface area contributed by atoms with Gasteiger partial charge in [0.05, 0.1) is 0 Å². The maximum absolute atomic E-state index is 12.2. The van der Waals surface area contributed by atoms with Gasteiger partial charge in [-0.3, -0.25) is 4.79 Å². The van der Waals surface area contributed by atoms with E-state index in [0.717, 1.165) is 17.7 Å². The van der Waals surface area contributed by atoms with Gasteiger partial charge in [0.2, 0.25) is 0 Å². The van der Waals surface area contributed by atoms with Gasteiger partial charge < -0.3 is 11.1 Å². The van der Waals surface area contributed by atoms with E-state index in [1.54, 1.807) is 0 Å². The Kier molecular flexibility index (Phi) is 4.53. The van der Waals surface area contributed by atoms with E-state index in [1.807, 2.05) is 56.3 Å². The van der Waals surface area contributed by atoms with Gasteiger partial charge in [-0.25, -0.2) is 0 Å². The number of rotatable bonds is 4. The third kappa shape index (κ3) is 3.45. The van der Waals surface area contributed by atoms with Crippen molar-refractivity contribution < 1.29 is 4.79 Å². The van der Waals surface area contributed by atoms with Crippen LogP contribution in [0.25, 0.3) is 0 Å². The standard InChI is InChI=1S/C17H20N2O/c1-12-3-6-15(11-13(12)2)17(20)19-16-7-4-14(5-8-16)9-10-18/h3-8,11H,9-10,18H2,1-2H3,(H,19,20). The summed E-state index contributed by atoms with van der Waals surface area (Å²) in [6, 6.07) is 13.5. The van der Waals surface area contributed by atoms with E-state index < -0.39 is 0 Å². The largest absolute Gasteiger partial charge is 0.330 e. The third-order valence-electron chi connectivity index (χ3n) is 3.41. The lowest BCUT2D eigenvalue weighted by molar-refractivity contribution is 0.102. The fraction of sp³-hybridized carbons (Fsp3) is 0.235. The maximum atomic E-state index is 12.2. The number of nitrogens with one attached hydrogen (secondary N) is 1. The number of hydrogen-bond donors (Lipinski definition) is 2. The molecule has 0 atom stereocenters. The summed E-state index contributed by atoms with van der Waals surface area (Å²) >= 11 is 0. The lowest BCUT2D eigenvalue weighted by atomic mass is 10.1. The molecule has 3 N–H and O–H groups in total. The van der Waals surface area contributed by atoms with Crippen LogP contribution < -0.4 is 11.1 Å². The number of benzene rings is 2. The third-order valence-corrected chi connectivity index (χ3v) is 3.41. The Bertz CT molecular complexity index is 603. The Morgan fingerprint density at radius 3 is 2.35 bits per heavy atom. The SMILES string of the molecule is Cc1ccc(C(=O)Nc2ccc(CCN)cc2)cc1C. The first-order chi connectivity index (χ1) is 9.60. The minimum atomic E-state index is -0.0836. The molecule has 20 heavy (non-hydrogen) atoms. The molecule has 0 spiro atoms. The molecule has 0 heterocycles. The topological polar surface area (TPSA) is 55.1 Å². The van der Waals surface area contributed by atoms with Gasteiger partial charge in [-0.2, -0.15) is 0 Å². The van der Waals surface area contributed by atoms with Crippen LogP contribution in [0.15, 0.2) is 42.5 Å². The zero-order valence-electron chi connectivity index (χ0n) is 11.9. The number of nitrogens with two attached hydrogens (primary N) is 1. The summed E-state index contributed by atoms with van der Waals surface area (Å²) in [5.74, 6) is -0.0836. The molecule has 0 aliphatic heterocycles. The zero-order chi connectivity index (χ0) is 14.5. The molecular formula is C17H20N2O. The monoisotopic (exact) mass is 268 g/mol. The molecule has 0 aliphatic rings. The van der Waals surface area contributed by atoms with Crippen molar-refractivity contribution in [3.8, 4) is 0 Å². The summed E-state index contributed by atoms with van der Waals surface area (Å²) in [6.45, 7) is 4.68. The van der Waals surface area contributed by atoms with Crippen molar-refractivity contribution >= 4 is 11.6 Å². The van der Waals surface area contributed by atoms with Gasteiger partial charge in [0.1, 0.15) is 0 Å². The van der Waals surface area contributed by atoms with E-state index in [1.165, 1.54) is 11.1 Å². The van der Waals surface area contributed by atoms with E-state index in [9.17, 15) is 4.79 Å². The predicted molar refractivity (Wildman–Crippen MR) is 83.1 cm³/mol. The highest BCUT2D eigenvalue weighted by Gasteiger charge is 2.07. The summed E-state index contributed by atoms with van der Waals surface area (Å²) in [6.07, 6.45) is 0.853. The van der Waals surface area contributed by atoms with Crippen molar-refractivity contribution in [3.05, 3.63) is 64.7 Å².